The third kappa shape index (κ3) is 7.74. The van der Waals surface area contributed by atoms with E-state index in [1.165, 1.54) is 0 Å². The number of amides is 2. The molecular formula is C12H25N3O2. The molecule has 0 rings (SSSR count). The summed E-state index contributed by atoms with van der Waals surface area (Å²) in [5.41, 5.74) is 5.68. The molecule has 0 saturated heterocycles. The summed E-state index contributed by atoms with van der Waals surface area (Å²) in [7, 11) is 0. The van der Waals surface area contributed by atoms with E-state index in [0.29, 0.717) is 6.54 Å². The lowest BCUT2D eigenvalue weighted by molar-refractivity contribution is -0.127. The fourth-order valence-corrected chi connectivity index (χ4v) is 1.01. The maximum absolute atomic E-state index is 11.5. The van der Waals surface area contributed by atoms with E-state index in [-0.39, 0.29) is 29.7 Å². The number of carbonyl (C=O) groups excluding carboxylic acids is 2. The Morgan fingerprint density at radius 2 is 1.71 bits per heavy atom. The van der Waals surface area contributed by atoms with E-state index in [1.54, 1.807) is 0 Å². The lowest BCUT2D eigenvalue weighted by Gasteiger charge is -2.19. The summed E-state index contributed by atoms with van der Waals surface area (Å²) in [4.78, 5) is 22.9. The first kappa shape index (κ1) is 15.9. The van der Waals surface area contributed by atoms with Gasteiger partial charge in [0.15, 0.2) is 0 Å². The Labute approximate surface area is 104 Å². The average molecular weight is 243 g/mol. The summed E-state index contributed by atoms with van der Waals surface area (Å²) < 4.78 is 0. The van der Waals surface area contributed by atoms with Crippen molar-refractivity contribution in [1.82, 2.24) is 10.6 Å². The third-order valence-electron chi connectivity index (χ3n) is 2.26. The molecule has 17 heavy (non-hydrogen) atoms. The molecule has 0 aromatic rings. The SMILES string of the molecule is CC(C)[C@H](N)C(=O)NCC(=O)NCC(C)(C)C. The highest BCUT2D eigenvalue weighted by molar-refractivity contribution is 5.87. The summed E-state index contributed by atoms with van der Waals surface area (Å²) in [6, 6.07) is -0.564. The van der Waals surface area contributed by atoms with Crippen molar-refractivity contribution in [3.63, 3.8) is 0 Å². The van der Waals surface area contributed by atoms with E-state index in [9.17, 15) is 9.59 Å². The second-order valence-electron chi connectivity index (χ2n) is 5.82. The number of nitrogens with two attached hydrogens (primary N) is 1. The van der Waals surface area contributed by atoms with Gasteiger partial charge >= 0.3 is 0 Å². The van der Waals surface area contributed by atoms with Crippen molar-refractivity contribution >= 4 is 11.8 Å². The van der Waals surface area contributed by atoms with Gasteiger partial charge in [0.25, 0.3) is 0 Å². The molecule has 0 bridgehead atoms. The number of hydrogen-bond acceptors (Lipinski definition) is 3. The Hall–Kier alpha value is -1.10. The first-order chi connectivity index (χ1) is 7.63. The molecule has 0 heterocycles. The minimum Gasteiger partial charge on any atom is -0.354 e. The highest BCUT2D eigenvalue weighted by Gasteiger charge is 2.18. The van der Waals surface area contributed by atoms with Crippen LogP contribution in [0, 0.1) is 11.3 Å². The molecule has 0 aliphatic heterocycles. The molecule has 0 aliphatic carbocycles. The molecule has 0 fully saturated rings. The van der Waals surface area contributed by atoms with E-state index in [1.807, 2.05) is 34.6 Å². The lowest BCUT2D eigenvalue weighted by atomic mass is 9.97. The van der Waals surface area contributed by atoms with Gasteiger partial charge in [-0.25, -0.2) is 0 Å². The van der Waals surface area contributed by atoms with Crippen molar-refractivity contribution in [2.45, 2.75) is 40.7 Å². The Bertz CT molecular complexity index is 269. The van der Waals surface area contributed by atoms with Gasteiger partial charge in [0.2, 0.25) is 11.8 Å². The average Bonchev–Trinajstić information content (AvgIpc) is 2.20. The molecule has 100 valence electrons. The number of nitrogens with one attached hydrogen (secondary N) is 2. The van der Waals surface area contributed by atoms with Crippen LogP contribution >= 0.6 is 0 Å². The van der Waals surface area contributed by atoms with Gasteiger partial charge in [-0.3, -0.25) is 9.59 Å². The first-order valence-corrected chi connectivity index (χ1v) is 5.93. The standard InChI is InChI=1S/C12H25N3O2/c1-8(2)10(13)11(17)14-6-9(16)15-7-12(3,4)5/h8,10H,6-7,13H2,1-5H3,(H,14,17)(H,15,16)/t10-/m0/s1. The summed E-state index contributed by atoms with van der Waals surface area (Å²) in [6.07, 6.45) is 0. The fourth-order valence-electron chi connectivity index (χ4n) is 1.01. The molecule has 0 aliphatic rings. The van der Waals surface area contributed by atoms with E-state index in [2.05, 4.69) is 10.6 Å². The van der Waals surface area contributed by atoms with Crippen LogP contribution < -0.4 is 16.4 Å². The fraction of sp³-hybridized carbons (Fsp3) is 0.833. The summed E-state index contributed by atoms with van der Waals surface area (Å²) in [5.74, 6) is -0.414. The van der Waals surface area contributed by atoms with Crippen LogP contribution in [0.3, 0.4) is 0 Å². The van der Waals surface area contributed by atoms with Crippen LogP contribution in [0.2, 0.25) is 0 Å². The zero-order valence-electron chi connectivity index (χ0n) is 11.5. The molecule has 2 amide bonds. The van der Waals surface area contributed by atoms with Gasteiger partial charge < -0.3 is 16.4 Å². The van der Waals surface area contributed by atoms with Crippen LogP contribution in [-0.2, 0) is 9.59 Å². The molecule has 5 heteroatoms. The minimum absolute atomic E-state index is 0.0185. The van der Waals surface area contributed by atoms with Crippen LogP contribution in [0.25, 0.3) is 0 Å². The van der Waals surface area contributed by atoms with Gasteiger partial charge in [-0.1, -0.05) is 34.6 Å². The van der Waals surface area contributed by atoms with Crippen LogP contribution in [0.5, 0.6) is 0 Å². The minimum atomic E-state index is -0.564. The van der Waals surface area contributed by atoms with E-state index in [4.69, 9.17) is 5.73 Å². The quantitative estimate of drug-likeness (QED) is 0.647. The maximum atomic E-state index is 11.5. The molecule has 0 aromatic carbocycles. The lowest BCUT2D eigenvalue weighted by Crippen LogP contribution is -2.47. The van der Waals surface area contributed by atoms with E-state index < -0.39 is 6.04 Å². The molecule has 5 nitrogen and oxygen atoms in total. The van der Waals surface area contributed by atoms with Crippen molar-refractivity contribution in [3.8, 4) is 0 Å². The van der Waals surface area contributed by atoms with E-state index >= 15 is 0 Å². The Kier molecular flexibility index (Phi) is 6.16. The summed E-state index contributed by atoms with van der Waals surface area (Å²) >= 11 is 0. The number of hydrogen-bond donors (Lipinski definition) is 3. The van der Waals surface area contributed by atoms with Crippen molar-refractivity contribution in [3.05, 3.63) is 0 Å². The third-order valence-corrected chi connectivity index (χ3v) is 2.26. The number of carbonyl (C=O) groups is 2. The zero-order valence-corrected chi connectivity index (χ0v) is 11.5. The van der Waals surface area contributed by atoms with Crippen LogP contribution in [0.4, 0.5) is 0 Å². The topological polar surface area (TPSA) is 84.2 Å². The molecule has 4 N–H and O–H groups in total. The second kappa shape index (κ2) is 6.59. The van der Waals surface area contributed by atoms with Gasteiger partial charge in [-0.15, -0.1) is 0 Å². The molecule has 0 radical (unpaired) electrons. The van der Waals surface area contributed by atoms with Crippen molar-refractivity contribution < 1.29 is 9.59 Å². The van der Waals surface area contributed by atoms with Crippen molar-refractivity contribution in [1.29, 1.82) is 0 Å². The van der Waals surface area contributed by atoms with Crippen molar-refractivity contribution in [2.75, 3.05) is 13.1 Å². The Morgan fingerprint density at radius 1 is 1.18 bits per heavy atom. The van der Waals surface area contributed by atoms with Gasteiger partial charge in [0.05, 0.1) is 12.6 Å². The molecule has 0 aromatic heterocycles. The van der Waals surface area contributed by atoms with Gasteiger partial charge in [-0.05, 0) is 11.3 Å². The molecule has 0 saturated carbocycles. The number of rotatable bonds is 5. The Morgan fingerprint density at radius 3 is 2.12 bits per heavy atom. The first-order valence-electron chi connectivity index (χ1n) is 5.93. The van der Waals surface area contributed by atoms with Crippen molar-refractivity contribution in [2.24, 2.45) is 17.1 Å². The van der Waals surface area contributed by atoms with Crippen LogP contribution in [0.1, 0.15) is 34.6 Å². The van der Waals surface area contributed by atoms with Crippen LogP contribution in [-0.4, -0.2) is 30.9 Å². The van der Waals surface area contributed by atoms with Gasteiger partial charge in [-0.2, -0.15) is 0 Å². The smallest absolute Gasteiger partial charge is 0.239 e. The monoisotopic (exact) mass is 243 g/mol. The summed E-state index contributed by atoms with van der Waals surface area (Å²) in [6.45, 7) is 10.4. The second-order valence-corrected chi connectivity index (χ2v) is 5.82. The van der Waals surface area contributed by atoms with Gasteiger partial charge in [0, 0.05) is 6.54 Å². The zero-order chi connectivity index (χ0) is 13.6. The molecule has 0 unspecified atom stereocenters. The molecular weight excluding hydrogens is 218 g/mol. The maximum Gasteiger partial charge on any atom is 0.239 e. The normalized spacial score (nSPS) is 13.4. The highest BCUT2D eigenvalue weighted by Crippen LogP contribution is 2.09. The summed E-state index contributed by atoms with van der Waals surface area (Å²) in [5, 5.41) is 5.28. The predicted molar refractivity (Wildman–Crippen MR) is 68.3 cm³/mol. The largest absolute Gasteiger partial charge is 0.354 e. The molecule has 1 atom stereocenters. The van der Waals surface area contributed by atoms with Crippen LogP contribution in [0.15, 0.2) is 0 Å². The molecule has 0 spiro atoms. The van der Waals surface area contributed by atoms with E-state index in [0.717, 1.165) is 0 Å². The Balaban J connectivity index is 3.89. The highest BCUT2D eigenvalue weighted by atomic mass is 16.2. The van der Waals surface area contributed by atoms with Gasteiger partial charge in [0.1, 0.15) is 0 Å². The predicted octanol–water partition coefficient (Wildman–Crippen LogP) is 0.248.